The Kier molecular flexibility index (Phi) is 5.50. The Labute approximate surface area is 155 Å². The number of nitrogens with zero attached hydrogens (tertiary/aromatic N) is 2. The molecule has 130 valence electrons. The number of methoxy groups -OCH3 is 1. The van der Waals surface area contributed by atoms with Crippen LogP contribution in [0.1, 0.15) is 35.9 Å². The summed E-state index contributed by atoms with van der Waals surface area (Å²) in [5.41, 5.74) is 1.55. The van der Waals surface area contributed by atoms with Crippen LogP contribution in [0, 0.1) is 0 Å². The molecule has 4 nitrogen and oxygen atoms in total. The van der Waals surface area contributed by atoms with E-state index in [0.717, 1.165) is 21.2 Å². The van der Waals surface area contributed by atoms with Crippen molar-refractivity contribution in [2.45, 2.75) is 19.9 Å². The van der Waals surface area contributed by atoms with Crippen LogP contribution in [0.4, 0.5) is 0 Å². The van der Waals surface area contributed by atoms with Crippen LogP contribution in [-0.2, 0) is 0 Å². The molecule has 2 aromatic heterocycles. The van der Waals surface area contributed by atoms with E-state index in [4.69, 9.17) is 4.74 Å². The van der Waals surface area contributed by atoms with E-state index >= 15 is 0 Å². The summed E-state index contributed by atoms with van der Waals surface area (Å²) in [6.45, 7) is 4.63. The van der Waals surface area contributed by atoms with Crippen LogP contribution in [0.3, 0.4) is 0 Å². The highest BCUT2D eigenvalue weighted by Gasteiger charge is 2.24. The highest BCUT2D eigenvalue weighted by molar-refractivity contribution is 7.20. The molecule has 0 saturated heterocycles. The van der Waals surface area contributed by atoms with Crippen LogP contribution < -0.4 is 4.74 Å². The number of benzene rings is 1. The van der Waals surface area contributed by atoms with Crippen molar-refractivity contribution in [3.05, 3.63) is 58.4 Å². The standard InChI is InChI=1S/C19H20N2O2S2/c1-4-21(13(2)14-7-5-8-15(11-14)23-3)19(22)16-12-25-18(20-16)17-9-6-10-24-17/h5-13H,4H2,1-3H3. The number of amides is 1. The SMILES string of the molecule is CCN(C(=O)c1csc(-c2cccs2)n1)C(C)c1cccc(OC)c1. The number of thiazole rings is 1. The van der Waals surface area contributed by atoms with Crippen LogP contribution >= 0.6 is 22.7 Å². The summed E-state index contributed by atoms with van der Waals surface area (Å²) in [5, 5.41) is 4.75. The molecule has 0 aliphatic carbocycles. The number of thiophene rings is 1. The molecule has 0 aliphatic heterocycles. The largest absolute Gasteiger partial charge is 0.497 e. The van der Waals surface area contributed by atoms with E-state index in [1.54, 1.807) is 18.4 Å². The lowest BCUT2D eigenvalue weighted by atomic mass is 10.1. The molecule has 0 aliphatic rings. The fourth-order valence-corrected chi connectivity index (χ4v) is 4.32. The van der Waals surface area contributed by atoms with Crippen molar-refractivity contribution in [1.82, 2.24) is 9.88 Å². The summed E-state index contributed by atoms with van der Waals surface area (Å²) in [6, 6.07) is 11.8. The molecule has 0 radical (unpaired) electrons. The van der Waals surface area contributed by atoms with Gasteiger partial charge in [0.05, 0.1) is 18.0 Å². The van der Waals surface area contributed by atoms with E-state index in [1.807, 2.05) is 65.9 Å². The molecule has 1 aromatic carbocycles. The molecule has 25 heavy (non-hydrogen) atoms. The molecule has 0 fully saturated rings. The predicted octanol–water partition coefficient (Wildman–Crippen LogP) is 5.10. The van der Waals surface area contributed by atoms with E-state index < -0.39 is 0 Å². The number of hydrogen-bond donors (Lipinski definition) is 0. The predicted molar refractivity (Wildman–Crippen MR) is 104 cm³/mol. The van der Waals surface area contributed by atoms with Gasteiger partial charge in [0.15, 0.2) is 0 Å². The fourth-order valence-electron chi connectivity index (χ4n) is 2.71. The van der Waals surface area contributed by atoms with Crippen molar-refractivity contribution in [1.29, 1.82) is 0 Å². The molecule has 1 unspecified atom stereocenters. The topological polar surface area (TPSA) is 42.4 Å². The maximum atomic E-state index is 13.0. The Balaban J connectivity index is 1.83. The molecule has 1 atom stereocenters. The van der Waals surface area contributed by atoms with Gasteiger partial charge in [0.1, 0.15) is 16.5 Å². The normalized spacial score (nSPS) is 12.0. The zero-order chi connectivity index (χ0) is 17.8. The van der Waals surface area contributed by atoms with E-state index in [9.17, 15) is 4.79 Å². The number of carbonyl (C=O) groups excluding carboxylic acids is 1. The molecule has 2 heterocycles. The van der Waals surface area contributed by atoms with Gasteiger partial charge in [-0.05, 0) is 43.0 Å². The second-order valence-corrected chi connectivity index (χ2v) is 7.36. The zero-order valence-corrected chi connectivity index (χ0v) is 16.1. The second-order valence-electron chi connectivity index (χ2n) is 5.56. The summed E-state index contributed by atoms with van der Waals surface area (Å²) in [5.74, 6) is 0.748. The number of ether oxygens (including phenoxy) is 1. The molecule has 0 bridgehead atoms. The van der Waals surface area contributed by atoms with Gasteiger partial charge in [-0.25, -0.2) is 4.98 Å². The average molecular weight is 373 g/mol. The molecule has 6 heteroatoms. The van der Waals surface area contributed by atoms with Gasteiger partial charge < -0.3 is 9.64 Å². The minimum absolute atomic E-state index is 0.0446. The minimum Gasteiger partial charge on any atom is -0.497 e. The molecule has 0 saturated carbocycles. The van der Waals surface area contributed by atoms with Crippen LogP contribution in [-0.4, -0.2) is 29.4 Å². The molecule has 0 N–H and O–H groups in total. The molecular formula is C19H20N2O2S2. The first kappa shape index (κ1) is 17.6. The van der Waals surface area contributed by atoms with Crippen LogP contribution in [0.2, 0.25) is 0 Å². The number of carbonyl (C=O) groups is 1. The quantitative estimate of drug-likeness (QED) is 0.604. The van der Waals surface area contributed by atoms with Gasteiger partial charge in [-0.2, -0.15) is 0 Å². The summed E-state index contributed by atoms with van der Waals surface area (Å²) in [4.78, 5) is 20.4. The second kappa shape index (κ2) is 7.80. The van der Waals surface area contributed by atoms with Crippen LogP contribution in [0.5, 0.6) is 5.75 Å². The van der Waals surface area contributed by atoms with Crippen LogP contribution in [0.15, 0.2) is 47.2 Å². The fraction of sp³-hybridized carbons (Fsp3) is 0.263. The van der Waals surface area contributed by atoms with Gasteiger partial charge in [-0.3, -0.25) is 4.79 Å². The van der Waals surface area contributed by atoms with Crippen molar-refractivity contribution in [3.63, 3.8) is 0 Å². The number of aromatic nitrogens is 1. The smallest absolute Gasteiger partial charge is 0.273 e. The van der Waals surface area contributed by atoms with Crippen molar-refractivity contribution in [2.75, 3.05) is 13.7 Å². The highest BCUT2D eigenvalue weighted by Crippen LogP contribution is 2.30. The van der Waals surface area contributed by atoms with E-state index in [0.29, 0.717) is 12.2 Å². The Morgan fingerprint density at radius 3 is 2.80 bits per heavy atom. The van der Waals surface area contributed by atoms with Gasteiger partial charge in [0, 0.05) is 11.9 Å². The number of rotatable bonds is 6. The lowest BCUT2D eigenvalue weighted by Crippen LogP contribution is -2.33. The van der Waals surface area contributed by atoms with Gasteiger partial charge in [-0.15, -0.1) is 22.7 Å². The number of hydrogen-bond acceptors (Lipinski definition) is 5. The zero-order valence-electron chi connectivity index (χ0n) is 14.4. The Morgan fingerprint density at radius 2 is 2.12 bits per heavy atom. The molecule has 3 rings (SSSR count). The van der Waals surface area contributed by atoms with Crippen molar-refractivity contribution >= 4 is 28.6 Å². The third-order valence-corrected chi connectivity index (χ3v) is 5.98. The maximum Gasteiger partial charge on any atom is 0.273 e. The van der Waals surface area contributed by atoms with E-state index in [2.05, 4.69) is 4.98 Å². The maximum absolute atomic E-state index is 13.0. The Bertz CT molecular complexity index is 843. The summed E-state index contributed by atoms with van der Waals surface area (Å²) >= 11 is 3.14. The highest BCUT2D eigenvalue weighted by atomic mass is 32.1. The van der Waals surface area contributed by atoms with Gasteiger partial charge >= 0.3 is 0 Å². The van der Waals surface area contributed by atoms with Gasteiger partial charge in [0.2, 0.25) is 0 Å². The minimum atomic E-state index is -0.0560. The molecule has 0 spiro atoms. The van der Waals surface area contributed by atoms with Crippen molar-refractivity contribution in [2.24, 2.45) is 0 Å². The first-order valence-corrected chi connectivity index (χ1v) is 9.84. The monoisotopic (exact) mass is 372 g/mol. The lowest BCUT2D eigenvalue weighted by Gasteiger charge is -2.28. The van der Waals surface area contributed by atoms with E-state index in [-0.39, 0.29) is 11.9 Å². The van der Waals surface area contributed by atoms with Gasteiger partial charge in [-0.1, -0.05) is 18.2 Å². The molecule has 1 amide bonds. The third kappa shape index (κ3) is 3.75. The van der Waals surface area contributed by atoms with E-state index in [1.165, 1.54) is 11.3 Å². The van der Waals surface area contributed by atoms with Gasteiger partial charge in [0.25, 0.3) is 5.91 Å². The first-order chi connectivity index (χ1) is 12.1. The molecular weight excluding hydrogens is 352 g/mol. The average Bonchev–Trinajstić information content (AvgIpc) is 3.33. The summed E-state index contributed by atoms with van der Waals surface area (Å²) in [6.07, 6.45) is 0. The van der Waals surface area contributed by atoms with Crippen molar-refractivity contribution in [3.8, 4) is 15.6 Å². The third-order valence-electron chi connectivity index (χ3n) is 4.10. The summed E-state index contributed by atoms with van der Waals surface area (Å²) in [7, 11) is 1.65. The van der Waals surface area contributed by atoms with Crippen molar-refractivity contribution < 1.29 is 9.53 Å². The molecule has 3 aromatic rings. The van der Waals surface area contributed by atoms with Crippen LogP contribution in [0.25, 0.3) is 9.88 Å². The Hall–Kier alpha value is -2.18. The Morgan fingerprint density at radius 1 is 1.28 bits per heavy atom. The summed E-state index contributed by atoms with van der Waals surface area (Å²) < 4.78 is 5.30. The first-order valence-electron chi connectivity index (χ1n) is 8.08. The lowest BCUT2D eigenvalue weighted by molar-refractivity contribution is 0.0697.